The van der Waals surface area contributed by atoms with E-state index in [0.717, 1.165) is 111 Å². The summed E-state index contributed by atoms with van der Waals surface area (Å²) in [6.45, 7) is 0. The first kappa shape index (κ1) is 37.4. The molecule has 0 saturated carbocycles. The second-order valence-electron chi connectivity index (χ2n) is 16.2. The minimum Gasteiger partial charge on any atom is -0.358 e. The van der Waals surface area contributed by atoms with Crippen molar-refractivity contribution in [3.8, 4) is 39.3 Å². The van der Waals surface area contributed by atoms with Crippen LogP contribution in [0.4, 0.5) is 0 Å². The van der Waals surface area contributed by atoms with Gasteiger partial charge in [0.2, 0.25) is 5.78 Å². The molecule has 65 heavy (non-hydrogen) atoms. The average molecular weight is 1010 g/mol. The molecule has 7 nitrogen and oxygen atoms in total. The first-order valence-corrected chi connectivity index (χ1v) is 21.4. The molecule has 5 aromatic heterocycles. The molecule has 14 rings (SSSR count). The molecule has 0 saturated heterocycles. The van der Waals surface area contributed by atoms with Crippen molar-refractivity contribution in [3.05, 3.63) is 219 Å². The number of para-hydroxylation sites is 7. The fraction of sp³-hybridized carbons (Fsp3) is 0. The van der Waals surface area contributed by atoms with Crippen LogP contribution in [0.1, 0.15) is 0 Å². The van der Waals surface area contributed by atoms with Crippen LogP contribution in [0.15, 0.2) is 200 Å². The van der Waals surface area contributed by atoms with Crippen LogP contribution in [-0.4, -0.2) is 27.9 Å². The van der Waals surface area contributed by atoms with E-state index < -0.39 is 0 Å². The molecule has 0 bridgehead atoms. The van der Waals surface area contributed by atoms with Crippen LogP contribution in [0.25, 0.3) is 117 Å². The molecule has 5 heterocycles. The molecule has 0 aliphatic heterocycles. The summed E-state index contributed by atoms with van der Waals surface area (Å²) in [6, 6.07) is 77.6. The van der Waals surface area contributed by atoms with Gasteiger partial charge in [0.05, 0.1) is 33.4 Å². The van der Waals surface area contributed by atoms with Crippen LogP contribution in [0.5, 0.6) is 0 Å². The number of aromatic nitrogens is 7. The third-order valence-electron chi connectivity index (χ3n) is 12.7. The van der Waals surface area contributed by atoms with Crippen LogP contribution in [0, 0.1) is 18.5 Å². The summed E-state index contributed by atoms with van der Waals surface area (Å²) >= 11 is 0. The Balaban J connectivity index is 0.00000423. The molecule has 8 heteroatoms. The number of rotatable bonds is 5. The predicted octanol–water partition coefficient (Wildman–Crippen LogP) is 12.5. The van der Waals surface area contributed by atoms with E-state index in [4.69, 9.17) is 9.97 Å². The van der Waals surface area contributed by atoms with Gasteiger partial charge >= 0.3 is 0 Å². The summed E-state index contributed by atoms with van der Waals surface area (Å²) in [5, 5.41) is 3.36. The monoisotopic (exact) mass is 1010 g/mol. The molecule has 308 valence electrons. The van der Waals surface area contributed by atoms with E-state index in [1.807, 2.05) is 6.07 Å². The first-order valence-electron chi connectivity index (χ1n) is 21.4. The third kappa shape index (κ3) is 5.43. The maximum absolute atomic E-state index is 5.61. The molecule has 0 N–H and O–H groups in total. The van der Waals surface area contributed by atoms with Gasteiger partial charge in [0.1, 0.15) is 11.2 Å². The molecule has 0 amide bonds. The summed E-state index contributed by atoms with van der Waals surface area (Å²) < 4.78 is 11.1. The molecular formula is C57H33N7Pt-2. The zero-order valence-electron chi connectivity index (χ0n) is 34.5. The van der Waals surface area contributed by atoms with Crippen LogP contribution in [0.3, 0.4) is 0 Å². The summed E-state index contributed by atoms with van der Waals surface area (Å²) in [6.07, 6.45) is 3.88. The Bertz CT molecular complexity index is 4090. The second-order valence-corrected chi connectivity index (χ2v) is 16.2. The standard InChI is InChI=1S/C57H33N7.Pt/c1-3-17-37(18-4-1)40-24-15-25-41(38-19-5-2-6-20-38)55(40)61-36-60(49-29-13-14-30-50(49)61)51-31-16-32-52-54(51)59-57-63(52)48-28-12-9-23-44(48)56-58-45-34-33-39(35-53(45)64(56)57)62-46-26-10-7-21-42(46)43-22-8-11-27-47(43)62;/h1-26,28-34H;/q-2;. The normalized spacial score (nSPS) is 11.9. The van der Waals surface area contributed by atoms with Crippen LogP contribution in [-0.2, 0) is 21.1 Å². The minimum atomic E-state index is 0. The van der Waals surface area contributed by atoms with E-state index >= 15 is 0 Å². The van der Waals surface area contributed by atoms with Crippen LogP contribution in [0.2, 0.25) is 0 Å². The molecular weight excluding hydrogens is 978 g/mol. The van der Waals surface area contributed by atoms with Gasteiger partial charge in [0.25, 0.3) is 6.33 Å². The zero-order valence-corrected chi connectivity index (χ0v) is 36.8. The number of fused-ring (bicyclic) bond motifs is 14. The van der Waals surface area contributed by atoms with E-state index in [1.165, 1.54) is 5.39 Å². The van der Waals surface area contributed by atoms with Gasteiger partial charge in [-0.15, -0.1) is 23.6 Å². The summed E-state index contributed by atoms with van der Waals surface area (Å²) in [7, 11) is 0. The molecule has 0 aliphatic carbocycles. The topological polar surface area (TPSA) is 48.3 Å². The van der Waals surface area contributed by atoms with Crippen LogP contribution >= 0.6 is 0 Å². The minimum absolute atomic E-state index is 0. The van der Waals surface area contributed by atoms with Crippen molar-refractivity contribution < 1.29 is 25.6 Å². The summed E-state index contributed by atoms with van der Waals surface area (Å²) in [5.74, 6) is 0.756. The Hall–Kier alpha value is -8.12. The Morgan fingerprint density at radius 1 is 0.477 bits per heavy atom. The van der Waals surface area contributed by atoms with Gasteiger partial charge in [-0.3, -0.25) is 22.9 Å². The average Bonchev–Trinajstić information content (AvgIpc) is 4.14. The molecule has 0 radical (unpaired) electrons. The summed E-state index contributed by atoms with van der Waals surface area (Å²) in [4.78, 5) is 10.9. The first-order chi connectivity index (χ1) is 31.8. The van der Waals surface area contributed by atoms with Gasteiger partial charge in [-0.2, -0.15) is 24.3 Å². The van der Waals surface area contributed by atoms with Crippen molar-refractivity contribution >= 4 is 77.2 Å². The predicted molar refractivity (Wildman–Crippen MR) is 257 cm³/mol. The number of hydrogen-bond acceptors (Lipinski definition) is 2. The Labute approximate surface area is 386 Å². The van der Waals surface area contributed by atoms with E-state index in [9.17, 15) is 0 Å². The molecule has 0 spiro atoms. The second kappa shape index (κ2) is 14.5. The summed E-state index contributed by atoms with van der Waals surface area (Å²) in [5.41, 5.74) is 16.9. The molecule has 0 atom stereocenters. The number of nitrogens with zero attached hydrogens (tertiary/aromatic N) is 7. The Morgan fingerprint density at radius 2 is 1.12 bits per heavy atom. The fourth-order valence-corrected chi connectivity index (χ4v) is 9.99. The molecule has 0 fully saturated rings. The Kier molecular flexibility index (Phi) is 8.33. The van der Waals surface area contributed by atoms with Gasteiger partial charge in [-0.05, 0) is 69.0 Å². The number of benzene rings is 9. The van der Waals surface area contributed by atoms with E-state index in [2.05, 4.69) is 235 Å². The van der Waals surface area contributed by atoms with Crippen molar-refractivity contribution in [2.45, 2.75) is 0 Å². The Morgan fingerprint density at radius 3 is 1.91 bits per heavy atom. The maximum Gasteiger partial charge on any atom is 0.269 e. The number of hydrogen-bond donors (Lipinski definition) is 0. The zero-order chi connectivity index (χ0) is 41.9. The maximum atomic E-state index is 5.61. The van der Waals surface area contributed by atoms with E-state index in [1.54, 1.807) is 0 Å². The van der Waals surface area contributed by atoms with Gasteiger partial charge in [0, 0.05) is 32.0 Å². The molecule has 0 aliphatic rings. The fourth-order valence-electron chi connectivity index (χ4n) is 9.99. The molecule has 9 aromatic carbocycles. The number of imidazole rings is 3. The quantitative estimate of drug-likeness (QED) is 0.127. The smallest absolute Gasteiger partial charge is 0.269 e. The van der Waals surface area contributed by atoms with Gasteiger partial charge in [0.15, 0.2) is 0 Å². The van der Waals surface area contributed by atoms with Crippen molar-refractivity contribution in [1.82, 2.24) is 27.9 Å². The third-order valence-corrected chi connectivity index (χ3v) is 12.7. The van der Waals surface area contributed by atoms with E-state index in [-0.39, 0.29) is 21.1 Å². The van der Waals surface area contributed by atoms with Gasteiger partial charge in [-0.25, -0.2) is 4.98 Å². The van der Waals surface area contributed by atoms with Gasteiger partial charge < -0.3 is 4.57 Å². The SMILES string of the molecule is [Pt].[c-]1cccc2c3ccccc3n(-c3[c-]c4c(cc3)nc3c5ccccc5n5c6cccc(-n7[c-][n+](-c8c(-c9ccccc9)cccc8-c8ccccc8)c8ccccc87)c6nc5n43)c12. The molecule has 0 unspecified atom stereocenters. The van der Waals surface area contributed by atoms with Crippen molar-refractivity contribution in [2.75, 3.05) is 0 Å². The van der Waals surface area contributed by atoms with Crippen molar-refractivity contribution in [3.63, 3.8) is 0 Å². The largest absolute Gasteiger partial charge is 0.358 e. The molecule has 14 aromatic rings. The van der Waals surface area contributed by atoms with Crippen molar-refractivity contribution in [2.24, 2.45) is 0 Å². The van der Waals surface area contributed by atoms with Crippen LogP contribution < -0.4 is 4.57 Å². The van der Waals surface area contributed by atoms with Gasteiger partial charge in [-0.1, -0.05) is 151 Å². The van der Waals surface area contributed by atoms with E-state index in [0.29, 0.717) is 0 Å². The van der Waals surface area contributed by atoms with Crippen molar-refractivity contribution in [1.29, 1.82) is 0 Å².